The molecule has 0 bridgehead atoms. The number of benzene rings is 2. The summed E-state index contributed by atoms with van der Waals surface area (Å²) in [5.74, 6) is -0.0501. The number of hydrogen-bond acceptors (Lipinski definition) is 6. The lowest BCUT2D eigenvalue weighted by Gasteiger charge is -2.16. The molecule has 2 aromatic carbocycles. The van der Waals surface area contributed by atoms with Crippen LogP contribution in [-0.4, -0.2) is 32.3 Å². The molecule has 0 amide bonds. The number of carbonyl (C=O) groups excluding carboxylic acids is 2. The van der Waals surface area contributed by atoms with Crippen LogP contribution in [0.5, 0.6) is 17.2 Å². The largest absolute Gasteiger partial charge is 0.493 e. The van der Waals surface area contributed by atoms with Gasteiger partial charge in [0.15, 0.2) is 17.6 Å². The Bertz CT molecular complexity index is 812. The first kappa shape index (κ1) is 19.3. The van der Waals surface area contributed by atoms with Gasteiger partial charge in [-0.1, -0.05) is 6.07 Å². The van der Waals surface area contributed by atoms with E-state index in [0.29, 0.717) is 11.3 Å². The summed E-state index contributed by atoms with van der Waals surface area (Å²) in [7, 11) is 2.71. The van der Waals surface area contributed by atoms with Crippen LogP contribution in [0, 0.1) is 13.8 Å². The zero-order valence-electron chi connectivity index (χ0n) is 15.5. The summed E-state index contributed by atoms with van der Waals surface area (Å²) in [4.78, 5) is 23.9. The van der Waals surface area contributed by atoms with Crippen LogP contribution in [0.2, 0.25) is 0 Å². The van der Waals surface area contributed by atoms with Gasteiger partial charge < -0.3 is 18.9 Å². The molecule has 1 unspecified atom stereocenters. The number of hydrogen-bond donors (Lipinski definition) is 0. The third-order valence-electron chi connectivity index (χ3n) is 3.92. The number of esters is 2. The van der Waals surface area contributed by atoms with Crippen LogP contribution in [-0.2, 0) is 9.53 Å². The van der Waals surface area contributed by atoms with Crippen LogP contribution in [0.1, 0.15) is 28.4 Å². The molecule has 0 aliphatic carbocycles. The molecular formula is C20H22O6. The van der Waals surface area contributed by atoms with Crippen molar-refractivity contribution in [2.45, 2.75) is 26.9 Å². The quantitative estimate of drug-likeness (QED) is 0.582. The second-order valence-corrected chi connectivity index (χ2v) is 5.78. The van der Waals surface area contributed by atoms with E-state index in [0.717, 1.165) is 11.1 Å². The number of ether oxygens (including phenoxy) is 4. The van der Waals surface area contributed by atoms with Crippen molar-refractivity contribution >= 4 is 11.9 Å². The first-order valence-electron chi connectivity index (χ1n) is 8.07. The topological polar surface area (TPSA) is 71.1 Å². The van der Waals surface area contributed by atoms with Gasteiger partial charge in [0.25, 0.3) is 0 Å². The van der Waals surface area contributed by atoms with Gasteiger partial charge in [-0.3, -0.25) is 0 Å². The first-order valence-corrected chi connectivity index (χ1v) is 8.07. The lowest BCUT2D eigenvalue weighted by molar-refractivity contribution is -0.141. The van der Waals surface area contributed by atoms with Crippen molar-refractivity contribution in [1.82, 2.24) is 0 Å². The summed E-state index contributed by atoms with van der Waals surface area (Å²) in [5, 5.41) is 0. The number of methoxy groups -OCH3 is 2. The minimum Gasteiger partial charge on any atom is -0.493 e. The van der Waals surface area contributed by atoms with E-state index in [1.807, 2.05) is 26.0 Å². The molecule has 0 aliphatic heterocycles. The maximum Gasteiger partial charge on any atom is 0.352 e. The van der Waals surface area contributed by atoms with Crippen LogP contribution in [0.15, 0.2) is 36.4 Å². The second-order valence-electron chi connectivity index (χ2n) is 5.78. The highest BCUT2D eigenvalue weighted by Gasteiger charge is 2.20. The van der Waals surface area contributed by atoms with E-state index in [1.54, 1.807) is 13.0 Å². The molecule has 138 valence electrons. The summed E-state index contributed by atoms with van der Waals surface area (Å²) in [6.45, 7) is 5.58. The number of rotatable bonds is 6. The van der Waals surface area contributed by atoms with Gasteiger partial charge in [-0.25, -0.2) is 9.59 Å². The summed E-state index contributed by atoms with van der Waals surface area (Å²) in [6, 6.07) is 10.0. The van der Waals surface area contributed by atoms with Gasteiger partial charge in [-0.2, -0.15) is 0 Å². The number of aryl methyl sites for hydroxylation is 2. The van der Waals surface area contributed by atoms with E-state index >= 15 is 0 Å². The molecule has 6 heteroatoms. The lowest BCUT2D eigenvalue weighted by atomic mass is 10.1. The summed E-state index contributed by atoms with van der Waals surface area (Å²) >= 11 is 0. The Morgan fingerprint density at radius 1 is 0.923 bits per heavy atom. The molecule has 0 N–H and O–H groups in total. The van der Waals surface area contributed by atoms with E-state index < -0.39 is 18.0 Å². The van der Waals surface area contributed by atoms with Crippen molar-refractivity contribution < 1.29 is 28.5 Å². The predicted octanol–water partition coefficient (Wildman–Crippen LogP) is 3.47. The van der Waals surface area contributed by atoms with E-state index in [1.165, 1.54) is 32.4 Å². The van der Waals surface area contributed by atoms with Gasteiger partial charge in [0.05, 0.1) is 19.8 Å². The van der Waals surface area contributed by atoms with E-state index in [2.05, 4.69) is 4.74 Å². The van der Waals surface area contributed by atoms with Crippen molar-refractivity contribution in [3.8, 4) is 17.2 Å². The smallest absolute Gasteiger partial charge is 0.352 e. The van der Waals surface area contributed by atoms with E-state index in [-0.39, 0.29) is 11.5 Å². The minimum absolute atomic E-state index is 0.195. The minimum atomic E-state index is -0.818. The van der Waals surface area contributed by atoms with Crippen molar-refractivity contribution in [1.29, 1.82) is 0 Å². The molecule has 1 atom stereocenters. The molecule has 2 aromatic rings. The van der Waals surface area contributed by atoms with Gasteiger partial charge in [0.1, 0.15) is 5.75 Å². The van der Waals surface area contributed by atoms with Gasteiger partial charge >= 0.3 is 11.9 Å². The second kappa shape index (κ2) is 8.38. The summed E-state index contributed by atoms with van der Waals surface area (Å²) in [6.07, 6.45) is -0.818. The first-order chi connectivity index (χ1) is 12.3. The fraction of sp³-hybridized carbons (Fsp3) is 0.300. The van der Waals surface area contributed by atoms with E-state index in [9.17, 15) is 9.59 Å². The highest BCUT2D eigenvalue weighted by molar-refractivity contribution is 5.90. The van der Waals surface area contributed by atoms with Crippen molar-refractivity contribution in [3.63, 3.8) is 0 Å². The monoisotopic (exact) mass is 358 g/mol. The maximum atomic E-state index is 12.3. The molecule has 0 radical (unpaired) electrons. The fourth-order valence-electron chi connectivity index (χ4n) is 2.23. The summed E-state index contributed by atoms with van der Waals surface area (Å²) < 4.78 is 20.8. The molecule has 6 nitrogen and oxygen atoms in total. The fourth-order valence-corrected chi connectivity index (χ4v) is 2.23. The van der Waals surface area contributed by atoms with Gasteiger partial charge in [-0.15, -0.1) is 0 Å². The highest BCUT2D eigenvalue weighted by Crippen LogP contribution is 2.29. The molecule has 0 saturated heterocycles. The third-order valence-corrected chi connectivity index (χ3v) is 3.92. The van der Waals surface area contributed by atoms with E-state index in [4.69, 9.17) is 14.2 Å². The molecule has 0 spiro atoms. The van der Waals surface area contributed by atoms with Crippen LogP contribution in [0.3, 0.4) is 0 Å². The normalized spacial score (nSPS) is 11.4. The lowest BCUT2D eigenvalue weighted by Crippen LogP contribution is -2.28. The van der Waals surface area contributed by atoms with Gasteiger partial charge in [-0.05, 0) is 62.2 Å². The molecule has 26 heavy (non-hydrogen) atoms. The predicted molar refractivity (Wildman–Crippen MR) is 96.0 cm³/mol. The Labute approximate surface area is 152 Å². The Balaban J connectivity index is 2.10. The van der Waals surface area contributed by atoms with Crippen LogP contribution in [0.25, 0.3) is 0 Å². The molecule has 0 heterocycles. The average molecular weight is 358 g/mol. The molecule has 2 rings (SSSR count). The van der Waals surface area contributed by atoms with Crippen LogP contribution < -0.4 is 14.2 Å². The van der Waals surface area contributed by atoms with Crippen LogP contribution >= 0.6 is 0 Å². The van der Waals surface area contributed by atoms with Crippen LogP contribution in [0.4, 0.5) is 0 Å². The Kier molecular flexibility index (Phi) is 6.22. The zero-order chi connectivity index (χ0) is 19.3. The molecule has 0 fully saturated rings. The highest BCUT2D eigenvalue weighted by atomic mass is 16.6. The zero-order valence-corrected chi connectivity index (χ0v) is 15.5. The Morgan fingerprint density at radius 3 is 2.27 bits per heavy atom. The van der Waals surface area contributed by atoms with Gasteiger partial charge in [0.2, 0.25) is 0 Å². The van der Waals surface area contributed by atoms with Crippen molar-refractivity contribution in [2.75, 3.05) is 14.2 Å². The molecule has 0 aromatic heterocycles. The Hall–Kier alpha value is -3.02. The average Bonchev–Trinajstić information content (AvgIpc) is 2.64. The maximum absolute atomic E-state index is 12.3. The molecule has 0 saturated carbocycles. The van der Waals surface area contributed by atoms with Crippen molar-refractivity contribution in [3.05, 3.63) is 53.1 Å². The van der Waals surface area contributed by atoms with Gasteiger partial charge in [0, 0.05) is 0 Å². The molecule has 0 aliphatic rings. The SMILES string of the molecule is COC(=O)c1ccc(OC(=O)C(C)Oc2ccc(C)c(C)c2)c(OC)c1. The van der Waals surface area contributed by atoms with Crippen molar-refractivity contribution in [2.24, 2.45) is 0 Å². The summed E-state index contributed by atoms with van der Waals surface area (Å²) in [5.41, 5.74) is 2.51. The Morgan fingerprint density at radius 2 is 1.65 bits per heavy atom. The standard InChI is InChI=1S/C20H22O6/c1-12-6-8-16(10-13(12)2)25-14(3)19(21)26-17-9-7-15(20(22)24-5)11-18(17)23-4/h6-11,14H,1-5H3. The third kappa shape index (κ3) is 4.53. The number of carbonyl (C=O) groups is 2. The molecular weight excluding hydrogens is 336 g/mol.